The van der Waals surface area contributed by atoms with Crippen LogP contribution in [-0.2, 0) is 0 Å². The Hall–Kier alpha value is 0.0249. The summed E-state index contributed by atoms with van der Waals surface area (Å²) in [5, 5.41) is 3.55. The van der Waals surface area contributed by atoms with E-state index < -0.39 is 0 Å². The van der Waals surface area contributed by atoms with Crippen molar-refractivity contribution in [2.45, 2.75) is 46.1 Å². The lowest BCUT2D eigenvalue weighted by Crippen LogP contribution is -2.54. The van der Waals surface area contributed by atoms with Crippen molar-refractivity contribution < 1.29 is 0 Å². The summed E-state index contributed by atoms with van der Waals surface area (Å²) in [6.07, 6.45) is 2.68. The smallest absolute Gasteiger partial charge is 0.0176 e. The fourth-order valence-electron chi connectivity index (χ4n) is 1.48. The van der Waals surface area contributed by atoms with Crippen LogP contribution >= 0.6 is 0 Å². The third-order valence-corrected chi connectivity index (χ3v) is 3.24. The summed E-state index contributed by atoms with van der Waals surface area (Å²) in [5.74, 6) is 0. The van der Waals surface area contributed by atoms with Crippen molar-refractivity contribution >= 4 is 8.41 Å². The molecule has 0 amide bonds. The van der Waals surface area contributed by atoms with Crippen LogP contribution in [0.4, 0.5) is 0 Å². The molecule has 2 heteroatoms. The zero-order valence-corrected chi connectivity index (χ0v) is 8.20. The zero-order chi connectivity index (χ0) is 7.83. The van der Waals surface area contributed by atoms with Gasteiger partial charge in [0, 0.05) is 14.0 Å². The summed E-state index contributed by atoms with van der Waals surface area (Å²) in [6.45, 7) is 10.5. The van der Waals surface area contributed by atoms with E-state index in [0.717, 1.165) is 0 Å². The van der Waals surface area contributed by atoms with Crippen LogP contribution in [-0.4, -0.2) is 20.5 Å². The van der Waals surface area contributed by atoms with Crippen LogP contribution in [0.25, 0.3) is 0 Å². The summed E-state index contributed by atoms with van der Waals surface area (Å²) >= 11 is 0. The first-order valence-corrected chi connectivity index (χ1v) is 4.21. The highest BCUT2D eigenvalue weighted by Crippen LogP contribution is 2.37. The van der Waals surface area contributed by atoms with Crippen molar-refractivity contribution in [1.29, 1.82) is 0 Å². The van der Waals surface area contributed by atoms with Crippen molar-refractivity contribution in [3.8, 4) is 0 Å². The second-order valence-corrected chi connectivity index (χ2v) is 4.54. The first kappa shape index (κ1) is 11.0. The summed E-state index contributed by atoms with van der Waals surface area (Å²) in [6, 6.07) is 0. The molecule has 0 saturated carbocycles. The number of nitrogens with one attached hydrogen (secondary N) is 1. The molecule has 0 atom stereocenters. The Kier molecular flexibility index (Phi) is 3.19. The van der Waals surface area contributed by atoms with Crippen LogP contribution in [0.1, 0.15) is 40.5 Å². The van der Waals surface area contributed by atoms with Gasteiger partial charge in [0.15, 0.2) is 0 Å². The van der Waals surface area contributed by atoms with Crippen LogP contribution in [0.3, 0.4) is 0 Å². The molecule has 1 fully saturated rings. The van der Waals surface area contributed by atoms with E-state index in [1.165, 1.54) is 19.4 Å². The largest absolute Gasteiger partial charge is 0.311 e. The third-order valence-electron chi connectivity index (χ3n) is 3.24. The topological polar surface area (TPSA) is 12.0 Å². The molecule has 0 unspecified atom stereocenters. The summed E-state index contributed by atoms with van der Waals surface area (Å²) in [5.41, 5.74) is 0.788. The molecule has 0 bridgehead atoms. The minimum absolute atomic E-state index is 0. The molecule has 1 N–H and O–H groups in total. The van der Waals surface area contributed by atoms with Crippen LogP contribution in [0.15, 0.2) is 0 Å². The molecule has 1 nitrogen and oxygen atoms in total. The number of piperidine rings is 1. The maximum atomic E-state index is 3.55. The molecular weight excluding hydrogens is 133 g/mol. The van der Waals surface area contributed by atoms with E-state index in [1.807, 2.05) is 0 Å². The second kappa shape index (κ2) is 3.18. The molecule has 1 heterocycles. The lowest BCUT2D eigenvalue weighted by molar-refractivity contribution is 0.106. The van der Waals surface area contributed by atoms with E-state index in [2.05, 4.69) is 33.0 Å². The highest BCUT2D eigenvalue weighted by atomic mass is 15.0. The van der Waals surface area contributed by atoms with Crippen molar-refractivity contribution in [2.75, 3.05) is 6.54 Å². The van der Waals surface area contributed by atoms with Crippen LogP contribution in [0.5, 0.6) is 0 Å². The van der Waals surface area contributed by atoms with E-state index in [4.69, 9.17) is 0 Å². The number of rotatable bonds is 0. The van der Waals surface area contributed by atoms with Gasteiger partial charge < -0.3 is 5.32 Å². The summed E-state index contributed by atoms with van der Waals surface area (Å²) in [7, 11) is 0. The molecule has 11 heavy (non-hydrogen) atoms. The normalized spacial score (nSPS) is 27.3. The van der Waals surface area contributed by atoms with Crippen molar-refractivity contribution in [3.63, 3.8) is 0 Å². The Bertz CT molecular complexity index is 114. The Morgan fingerprint density at radius 2 is 1.64 bits per heavy atom. The van der Waals surface area contributed by atoms with Crippen molar-refractivity contribution in [3.05, 3.63) is 0 Å². The third kappa shape index (κ3) is 1.99. The van der Waals surface area contributed by atoms with Gasteiger partial charge in [-0.25, -0.2) is 0 Å². The van der Waals surface area contributed by atoms with Gasteiger partial charge in [0.1, 0.15) is 0 Å². The van der Waals surface area contributed by atoms with Crippen LogP contribution < -0.4 is 5.32 Å². The fraction of sp³-hybridized carbons (Fsp3) is 1.00. The number of hydrogen-bond acceptors (Lipinski definition) is 1. The molecule has 0 aromatic heterocycles. The van der Waals surface area contributed by atoms with Gasteiger partial charge in [-0.15, -0.1) is 0 Å². The van der Waals surface area contributed by atoms with Gasteiger partial charge >= 0.3 is 0 Å². The molecule has 0 aromatic rings. The van der Waals surface area contributed by atoms with Gasteiger partial charge in [-0.2, -0.15) is 0 Å². The number of hydrogen-bond donors (Lipinski definition) is 1. The minimum atomic E-state index is 0. The molecule has 3 radical (unpaired) electrons. The Morgan fingerprint density at radius 3 is 1.91 bits per heavy atom. The first-order valence-electron chi connectivity index (χ1n) is 4.21. The molecule has 1 aliphatic rings. The summed E-state index contributed by atoms with van der Waals surface area (Å²) in [4.78, 5) is 0. The molecule has 0 spiro atoms. The standard InChI is InChI=1S/C9H19N.B/c1-8(2)6-5-7-10-9(8,3)4;/h10H,5-7H2,1-4H3;. The molecule has 63 valence electrons. The maximum absolute atomic E-state index is 3.55. The van der Waals surface area contributed by atoms with Gasteiger partial charge in [-0.1, -0.05) is 13.8 Å². The van der Waals surface area contributed by atoms with Crippen molar-refractivity contribution in [1.82, 2.24) is 5.32 Å². The Morgan fingerprint density at radius 1 is 1.09 bits per heavy atom. The quantitative estimate of drug-likeness (QED) is 0.522. The molecule has 1 saturated heterocycles. The van der Waals surface area contributed by atoms with E-state index in [9.17, 15) is 0 Å². The summed E-state index contributed by atoms with van der Waals surface area (Å²) < 4.78 is 0. The fourth-order valence-corrected chi connectivity index (χ4v) is 1.48. The van der Waals surface area contributed by atoms with E-state index >= 15 is 0 Å². The van der Waals surface area contributed by atoms with Crippen LogP contribution in [0.2, 0.25) is 0 Å². The van der Waals surface area contributed by atoms with Gasteiger partial charge in [-0.3, -0.25) is 0 Å². The lowest BCUT2D eigenvalue weighted by atomic mass is 9.69. The SMILES string of the molecule is CC1(C)CCCNC1(C)C.[B]. The molecular formula is C9H19BN. The Labute approximate surface area is 72.5 Å². The lowest BCUT2D eigenvalue weighted by Gasteiger charge is -2.46. The predicted molar refractivity (Wildman–Crippen MR) is 50.9 cm³/mol. The maximum Gasteiger partial charge on any atom is 0.0176 e. The molecule has 0 aliphatic carbocycles. The average Bonchev–Trinajstić information content (AvgIpc) is 1.77. The van der Waals surface area contributed by atoms with Gasteiger partial charge in [-0.05, 0) is 38.6 Å². The first-order chi connectivity index (χ1) is 4.46. The highest BCUT2D eigenvalue weighted by Gasteiger charge is 2.38. The van der Waals surface area contributed by atoms with E-state index in [1.54, 1.807) is 0 Å². The van der Waals surface area contributed by atoms with Gasteiger partial charge in [0.05, 0.1) is 0 Å². The monoisotopic (exact) mass is 152 g/mol. The van der Waals surface area contributed by atoms with Gasteiger partial charge in [0.2, 0.25) is 0 Å². The van der Waals surface area contributed by atoms with E-state index in [-0.39, 0.29) is 8.41 Å². The zero-order valence-electron chi connectivity index (χ0n) is 8.20. The van der Waals surface area contributed by atoms with Gasteiger partial charge in [0.25, 0.3) is 0 Å². The van der Waals surface area contributed by atoms with Crippen molar-refractivity contribution in [2.24, 2.45) is 5.41 Å². The predicted octanol–water partition coefficient (Wildman–Crippen LogP) is 1.79. The minimum Gasteiger partial charge on any atom is -0.311 e. The van der Waals surface area contributed by atoms with E-state index in [0.29, 0.717) is 11.0 Å². The Balaban J connectivity index is 0.000001000. The average molecular weight is 152 g/mol. The molecule has 0 aromatic carbocycles. The molecule has 1 aliphatic heterocycles. The second-order valence-electron chi connectivity index (χ2n) is 4.54. The molecule has 1 rings (SSSR count). The highest BCUT2D eigenvalue weighted by molar-refractivity contribution is 5.75. The van der Waals surface area contributed by atoms with Crippen LogP contribution in [0, 0.1) is 5.41 Å².